The molecular weight excluding hydrogens is 401 g/mol. The fourth-order valence-corrected chi connectivity index (χ4v) is 4.38. The van der Waals surface area contributed by atoms with Crippen LogP contribution in [0.3, 0.4) is 0 Å². The van der Waals surface area contributed by atoms with Crippen LogP contribution < -0.4 is 10.1 Å². The number of methoxy groups -OCH3 is 1. The lowest BCUT2D eigenvalue weighted by Gasteiger charge is -2.07. The minimum Gasteiger partial charge on any atom is -0.494 e. The van der Waals surface area contributed by atoms with Gasteiger partial charge in [0.05, 0.1) is 17.3 Å². The number of amides is 1. The van der Waals surface area contributed by atoms with Gasteiger partial charge in [-0.15, -0.1) is 11.3 Å². The summed E-state index contributed by atoms with van der Waals surface area (Å²) in [5, 5.41) is 2.85. The molecule has 0 saturated heterocycles. The van der Waals surface area contributed by atoms with Crippen molar-refractivity contribution >= 4 is 44.9 Å². The summed E-state index contributed by atoms with van der Waals surface area (Å²) >= 11 is 6.93. The molecule has 1 aromatic heterocycles. The maximum Gasteiger partial charge on any atom is 0.224 e. The number of rotatable bonds is 8. The van der Waals surface area contributed by atoms with E-state index in [2.05, 4.69) is 27.3 Å². The molecule has 0 bridgehead atoms. The Balaban J connectivity index is 1.66. The van der Waals surface area contributed by atoms with Crippen LogP contribution in [0.2, 0.25) is 0 Å². The zero-order chi connectivity index (χ0) is 16.7. The van der Waals surface area contributed by atoms with Gasteiger partial charge < -0.3 is 10.1 Å². The Morgan fingerprint density at radius 2 is 2.22 bits per heavy atom. The van der Waals surface area contributed by atoms with Crippen LogP contribution in [0.15, 0.2) is 34.1 Å². The topological polar surface area (TPSA) is 38.3 Å². The molecule has 2 rings (SSSR count). The Labute approximate surface area is 151 Å². The Kier molecular flexibility index (Phi) is 7.39. The van der Waals surface area contributed by atoms with Crippen molar-refractivity contribution in [2.45, 2.75) is 12.2 Å². The van der Waals surface area contributed by atoms with E-state index in [-0.39, 0.29) is 18.1 Å². The lowest BCUT2D eigenvalue weighted by molar-refractivity contribution is -0.120. The number of nitrogens with one attached hydrogen (secondary N) is 1. The molecule has 1 amide bonds. The first-order chi connectivity index (χ1) is 11.1. The van der Waals surface area contributed by atoms with Crippen molar-refractivity contribution in [3.8, 4) is 5.75 Å². The summed E-state index contributed by atoms with van der Waals surface area (Å²) in [4.78, 5) is 13.1. The van der Waals surface area contributed by atoms with Crippen molar-refractivity contribution in [2.75, 3.05) is 19.4 Å². The first kappa shape index (κ1) is 18.3. The fourth-order valence-electron chi connectivity index (χ4n) is 1.93. The van der Waals surface area contributed by atoms with E-state index in [9.17, 15) is 9.18 Å². The molecule has 0 aliphatic rings. The molecule has 7 heteroatoms. The zero-order valence-corrected chi connectivity index (χ0v) is 15.8. The third kappa shape index (κ3) is 6.16. The quantitative estimate of drug-likeness (QED) is 0.652. The number of carbonyl (C=O) groups excluding carboxylic acids is 1. The predicted octanol–water partition coefficient (Wildman–Crippen LogP) is 4.25. The minimum atomic E-state index is -0.449. The Hall–Kier alpha value is -1.05. The van der Waals surface area contributed by atoms with Gasteiger partial charge in [0.15, 0.2) is 11.6 Å². The molecule has 0 fully saturated rings. The molecule has 0 saturated carbocycles. The van der Waals surface area contributed by atoms with Gasteiger partial charge in [0.25, 0.3) is 0 Å². The molecule has 0 aliphatic carbocycles. The largest absolute Gasteiger partial charge is 0.494 e. The van der Waals surface area contributed by atoms with E-state index < -0.39 is 5.82 Å². The molecule has 1 N–H and O–H groups in total. The third-order valence-electron chi connectivity index (χ3n) is 3.02. The third-order valence-corrected chi connectivity index (χ3v) is 5.84. The number of hydrogen-bond donors (Lipinski definition) is 1. The fraction of sp³-hybridized carbons (Fsp3) is 0.312. The van der Waals surface area contributed by atoms with E-state index in [1.807, 2.05) is 6.07 Å². The molecule has 0 aliphatic heterocycles. The van der Waals surface area contributed by atoms with Crippen LogP contribution in [-0.4, -0.2) is 25.3 Å². The molecule has 0 atom stereocenters. The SMILES string of the molecule is COc1ccc(CC(=O)NCCSCc2ccc(Br)s2)cc1F. The Morgan fingerprint density at radius 3 is 2.87 bits per heavy atom. The first-order valence-electron chi connectivity index (χ1n) is 6.99. The van der Waals surface area contributed by atoms with Gasteiger partial charge in [-0.05, 0) is 45.8 Å². The summed E-state index contributed by atoms with van der Waals surface area (Å²) in [5.41, 5.74) is 0.636. The van der Waals surface area contributed by atoms with Gasteiger partial charge in [-0.2, -0.15) is 11.8 Å². The van der Waals surface area contributed by atoms with E-state index >= 15 is 0 Å². The maximum absolute atomic E-state index is 13.6. The highest BCUT2D eigenvalue weighted by Crippen LogP contribution is 2.25. The van der Waals surface area contributed by atoms with Gasteiger partial charge in [-0.25, -0.2) is 4.39 Å². The van der Waals surface area contributed by atoms with Crippen LogP contribution in [0.1, 0.15) is 10.4 Å². The van der Waals surface area contributed by atoms with Gasteiger partial charge in [0.1, 0.15) is 0 Å². The average Bonchev–Trinajstić information content (AvgIpc) is 2.92. The standard InChI is InChI=1S/C16H17BrFNO2S2/c1-21-14-4-2-11(8-13(14)18)9-16(20)19-6-7-22-10-12-3-5-15(17)23-12/h2-5,8H,6-7,9-10H2,1H3,(H,19,20). The lowest BCUT2D eigenvalue weighted by Crippen LogP contribution is -2.27. The predicted molar refractivity (Wildman–Crippen MR) is 97.8 cm³/mol. The van der Waals surface area contributed by atoms with Crippen molar-refractivity contribution in [1.82, 2.24) is 5.32 Å². The van der Waals surface area contributed by atoms with Gasteiger partial charge in [0, 0.05) is 22.9 Å². The van der Waals surface area contributed by atoms with Crippen molar-refractivity contribution in [3.63, 3.8) is 0 Å². The number of carbonyl (C=O) groups is 1. The van der Waals surface area contributed by atoms with Crippen molar-refractivity contribution in [2.24, 2.45) is 0 Å². The first-order valence-corrected chi connectivity index (χ1v) is 9.76. The Bertz CT molecular complexity index is 663. The monoisotopic (exact) mass is 417 g/mol. The van der Waals surface area contributed by atoms with Gasteiger partial charge in [0.2, 0.25) is 5.91 Å². The van der Waals surface area contributed by atoms with E-state index in [1.165, 1.54) is 24.1 Å². The molecular formula is C16H17BrFNO2S2. The summed E-state index contributed by atoms with van der Waals surface area (Å²) in [6.45, 7) is 0.606. The number of thioether (sulfide) groups is 1. The van der Waals surface area contributed by atoms with E-state index in [0.29, 0.717) is 12.1 Å². The molecule has 3 nitrogen and oxygen atoms in total. The highest BCUT2D eigenvalue weighted by molar-refractivity contribution is 9.11. The van der Waals surface area contributed by atoms with E-state index in [0.717, 1.165) is 15.3 Å². The van der Waals surface area contributed by atoms with Crippen molar-refractivity contribution in [3.05, 3.63) is 50.4 Å². The summed E-state index contributed by atoms with van der Waals surface area (Å²) in [6.07, 6.45) is 0.170. The minimum absolute atomic E-state index is 0.103. The highest BCUT2D eigenvalue weighted by Gasteiger charge is 2.07. The van der Waals surface area contributed by atoms with Crippen LogP contribution in [0.25, 0.3) is 0 Å². The zero-order valence-electron chi connectivity index (χ0n) is 12.6. The normalized spacial score (nSPS) is 10.6. The molecule has 1 aromatic carbocycles. The van der Waals surface area contributed by atoms with Crippen LogP contribution in [0.5, 0.6) is 5.75 Å². The van der Waals surface area contributed by atoms with Crippen LogP contribution in [0, 0.1) is 5.82 Å². The summed E-state index contributed by atoms with van der Waals surface area (Å²) in [5.74, 6) is 1.42. The second kappa shape index (κ2) is 9.30. The second-order valence-electron chi connectivity index (χ2n) is 4.75. The van der Waals surface area contributed by atoms with E-state index in [1.54, 1.807) is 29.2 Å². The van der Waals surface area contributed by atoms with Crippen molar-refractivity contribution in [1.29, 1.82) is 0 Å². The average molecular weight is 418 g/mol. The van der Waals surface area contributed by atoms with Gasteiger partial charge in [-0.1, -0.05) is 6.07 Å². The summed E-state index contributed by atoms with van der Waals surface area (Å²) < 4.78 is 19.5. The number of halogens is 2. The second-order valence-corrected chi connectivity index (χ2v) is 8.41. The van der Waals surface area contributed by atoms with Crippen LogP contribution in [-0.2, 0) is 17.0 Å². The Morgan fingerprint density at radius 1 is 1.39 bits per heavy atom. The number of benzene rings is 1. The van der Waals surface area contributed by atoms with Crippen LogP contribution >= 0.6 is 39.0 Å². The molecule has 23 heavy (non-hydrogen) atoms. The smallest absolute Gasteiger partial charge is 0.224 e. The molecule has 0 radical (unpaired) electrons. The van der Waals surface area contributed by atoms with E-state index in [4.69, 9.17) is 4.74 Å². The maximum atomic E-state index is 13.6. The summed E-state index contributed by atoms with van der Waals surface area (Å²) in [7, 11) is 1.41. The molecule has 0 spiro atoms. The molecule has 2 aromatic rings. The van der Waals surface area contributed by atoms with Crippen LogP contribution in [0.4, 0.5) is 4.39 Å². The van der Waals surface area contributed by atoms with Gasteiger partial charge >= 0.3 is 0 Å². The summed E-state index contributed by atoms with van der Waals surface area (Å²) in [6, 6.07) is 8.70. The number of thiophene rings is 1. The molecule has 1 heterocycles. The van der Waals surface area contributed by atoms with Crippen molar-refractivity contribution < 1.29 is 13.9 Å². The highest BCUT2D eigenvalue weighted by atomic mass is 79.9. The molecule has 0 unspecified atom stereocenters. The lowest BCUT2D eigenvalue weighted by atomic mass is 10.1. The number of ether oxygens (including phenoxy) is 1. The molecule has 124 valence electrons. The van der Waals surface area contributed by atoms with Gasteiger partial charge in [-0.3, -0.25) is 4.79 Å². The number of hydrogen-bond acceptors (Lipinski definition) is 4.